The second kappa shape index (κ2) is 8.89. The van der Waals surface area contributed by atoms with Gasteiger partial charge in [-0.2, -0.15) is 5.26 Å². The Balaban J connectivity index is 1.89. The number of carbonyl (C=O) groups excluding carboxylic acids is 1. The number of rotatable bonds is 6. The maximum atomic E-state index is 12.6. The predicted octanol–water partition coefficient (Wildman–Crippen LogP) is 4.62. The zero-order chi connectivity index (χ0) is 21.0. The fraction of sp³-hybridized carbons (Fsp3) is 0.273. The molecule has 150 valence electrons. The highest BCUT2D eigenvalue weighted by atomic mass is 35.5. The number of benzene rings is 2. The minimum Gasteiger partial charge on any atom is -0.495 e. The van der Waals surface area contributed by atoms with Crippen LogP contribution in [0.3, 0.4) is 0 Å². The number of anilines is 1. The highest BCUT2D eigenvalue weighted by molar-refractivity contribution is 6.32. The number of fused-ring (bicyclic) bond motifs is 1. The van der Waals surface area contributed by atoms with Crippen LogP contribution in [0.25, 0.3) is 6.08 Å². The highest BCUT2D eigenvalue weighted by Crippen LogP contribution is 2.36. The molecule has 1 amide bonds. The molecular weight excluding hydrogens is 392 g/mol. The van der Waals surface area contributed by atoms with Gasteiger partial charge in [-0.05, 0) is 50.3 Å². The first-order valence-corrected chi connectivity index (χ1v) is 9.56. The minimum absolute atomic E-state index is 0.0658. The van der Waals surface area contributed by atoms with Crippen molar-refractivity contribution in [2.45, 2.75) is 26.4 Å². The molecule has 1 N–H and O–H groups in total. The Morgan fingerprint density at radius 2 is 2.17 bits per heavy atom. The molecule has 1 atom stereocenters. The Labute approximate surface area is 174 Å². The third kappa shape index (κ3) is 4.64. The van der Waals surface area contributed by atoms with E-state index in [1.807, 2.05) is 26.0 Å². The van der Waals surface area contributed by atoms with Crippen LogP contribution in [-0.4, -0.2) is 25.7 Å². The van der Waals surface area contributed by atoms with Gasteiger partial charge in [0.05, 0.1) is 18.7 Å². The average Bonchev–Trinajstić information content (AvgIpc) is 3.05. The van der Waals surface area contributed by atoms with Gasteiger partial charge in [-0.25, -0.2) is 0 Å². The normalized spacial score (nSPS) is 15.1. The summed E-state index contributed by atoms with van der Waals surface area (Å²) in [4.78, 5) is 12.6. The number of nitrogens with zero attached hydrogens (tertiary/aromatic N) is 1. The largest absolute Gasteiger partial charge is 0.495 e. The highest BCUT2D eigenvalue weighted by Gasteiger charge is 2.22. The van der Waals surface area contributed by atoms with Gasteiger partial charge in [0.15, 0.2) is 0 Å². The fourth-order valence-electron chi connectivity index (χ4n) is 3.10. The molecule has 1 aliphatic rings. The van der Waals surface area contributed by atoms with Crippen LogP contribution in [0, 0.1) is 11.3 Å². The third-order valence-corrected chi connectivity index (χ3v) is 4.70. The lowest BCUT2D eigenvalue weighted by Gasteiger charge is -2.11. The van der Waals surface area contributed by atoms with E-state index in [9.17, 15) is 10.1 Å². The molecule has 0 fully saturated rings. The van der Waals surface area contributed by atoms with Crippen LogP contribution in [0.1, 0.15) is 25.0 Å². The van der Waals surface area contributed by atoms with Crippen molar-refractivity contribution in [3.8, 4) is 23.3 Å². The van der Waals surface area contributed by atoms with E-state index in [-0.39, 0.29) is 11.7 Å². The average molecular weight is 413 g/mol. The number of halogens is 1. The second-order valence-electron chi connectivity index (χ2n) is 6.54. The quantitative estimate of drug-likeness (QED) is 0.553. The van der Waals surface area contributed by atoms with Gasteiger partial charge in [0.25, 0.3) is 5.91 Å². The SMILES string of the molecule is CCOc1cc2c(cc1/C=C(\C#N)C(=O)Nc1ccc(OC)c(Cl)c1)OC(C)C2. The van der Waals surface area contributed by atoms with Crippen LogP contribution in [0.5, 0.6) is 17.2 Å². The molecule has 1 unspecified atom stereocenters. The van der Waals surface area contributed by atoms with Gasteiger partial charge in [0, 0.05) is 23.2 Å². The van der Waals surface area contributed by atoms with Gasteiger partial charge < -0.3 is 19.5 Å². The lowest BCUT2D eigenvalue weighted by atomic mass is 10.0. The summed E-state index contributed by atoms with van der Waals surface area (Å²) < 4.78 is 16.6. The molecule has 0 radical (unpaired) electrons. The Morgan fingerprint density at radius 1 is 1.38 bits per heavy atom. The molecule has 0 spiro atoms. The Morgan fingerprint density at radius 3 is 2.83 bits per heavy atom. The van der Waals surface area contributed by atoms with E-state index in [1.165, 1.54) is 13.2 Å². The smallest absolute Gasteiger partial charge is 0.266 e. The van der Waals surface area contributed by atoms with E-state index in [0.717, 1.165) is 17.7 Å². The van der Waals surface area contributed by atoms with Crippen LogP contribution in [0.4, 0.5) is 5.69 Å². The van der Waals surface area contributed by atoms with Gasteiger partial charge in [-0.1, -0.05) is 11.6 Å². The molecule has 3 rings (SSSR count). The minimum atomic E-state index is -0.550. The third-order valence-electron chi connectivity index (χ3n) is 4.40. The molecule has 0 saturated heterocycles. The molecule has 29 heavy (non-hydrogen) atoms. The van der Waals surface area contributed by atoms with Crippen molar-refractivity contribution in [2.24, 2.45) is 0 Å². The maximum absolute atomic E-state index is 12.6. The molecule has 0 aliphatic carbocycles. The van der Waals surface area contributed by atoms with Crippen LogP contribution >= 0.6 is 11.6 Å². The van der Waals surface area contributed by atoms with E-state index in [4.69, 9.17) is 25.8 Å². The van der Waals surface area contributed by atoms with Gasteiger partial charge in [0.1, 0.15) is 35.0 Å². The Bertz CT molecular complexity index is 1010. The first kappa shape index (κ1) is 20.6. The molecule has 2 aromatic rings. The number of carbonyl (C=O) groups is 1. The summed E-state index contributed by atoms with van der Waals surface area (Å²) >= 11 is 6.09. The molecular formula is C22H21ClN2O4. The molecule has 0 bridgehead atoms. The number of hydrogen-bond donors (Lipinski definition) is 1. The number of hydrogen-bond acceptors (Lipinski definition) is 5. The van der Waals surface area contributed by atoms with Crippen LogP contribution in [0.2, 0.25) is 5.02 Å². The molecule has 2 aromatic carbocycles. The van der Waals surface area contributed by atoms with Crippen molar-refractivity contribution in [1.82, 2.24) is 0 Å². The summed E-state index contributed by atoms with van der Waals surface area (Å²) in [6.45, 7) is 4.34. The van der Waals surface area contributed by atoms with E-state index in [1.54, 1.807) is 24.3 Å². The molecule has 1 aliphatic heterocycles. The number of amides is 1. The molecule has 0 saturated carbocycles. The van der Waals surface area contributed by atoms with Crippen LogP contribution in [-0.2, 0) is 11.2 Å². The van der Waals surface area contributed by atoms with Crippen molar-refractivity contribution in [2.75, 3.05) is 19.0 Å². The van der Waals surface area contributed by atoms with E-state index in [2.05, 4.69) is 5.32 Å². The lowest BCUT2D eigenvalue weighted by molar-refractivity contribution is -0.112. The number of nitrogens with one attached hydrogen (secondary N) is 1. The monoisotopic (exact) mass is 412 g/mol. The second-order valence-corrected chi connectivity index (χ2v) is 6.94. The van der Waals surface area contributed by atoms with E-state index >= 15 is 0 Å². The fourth-order valence-corrected chi connectivity index (χ4v) is 3.35. The van der Waals surface area contributed by atoms with Crippen molar-refractivity contribution in [3.05, 3.63) is 52.1 Å². The number of methoxy groups -OCH3 is 1. The molecule has 7 heteroatoms. The lowest BCUT2D eigenvalue weighted by Crippen LogP contribution is -2.13. The molecule has 0 aromatic heterocycles. The molecule has 1 heterocycles. The summed E-state index contributed by atoms with van der Waals surface area (Å²) in [6.07, 6.45) is 2.37. The van der Waals surface area contributed by atoms with Gasteiger partial charge in [-0.15, -0.1) is 0 Å². The van der Waals surface area contributed by atoms with Crippen molar-refractivity contribution in [1.29, 1.82) is 5.26 Å². The van der Waals surface area contributed by atoms with Gasteiger partial charge >= 0.3 is 0 Å². The maximum Gasteiger partial charge on any atom is 0.266 e. The summed E-state index contributed by atoms with van der Waals surface area (Å²) in [5, 5.41) is 12.6. The zero-order valence-corrected chi connectivity index (χ0v) is 17.2. The topological polar surface area (TPSA) is 80.6 Å². The van der Waals surface area contributed by atoms with Crippen molar-refractivity contribution in [3.63, 3.8) is 0 Å². The summed E-state index contributed by atoms with van der Waals surface area (Å²) in [7, 11) is 1.51. The standard InChI is InChI=1S/C22H21ClN2O4/c1-4-28-20-9-14-7-13(2)29-21(14)10-15(20)8-16(12-24)22(26)25-17-5-6-19(27-3)18(23)11-17/h5-6,8-11,13H,4,7H2,1-3H3,(H,25,26)/b16-8+. The Kier molecular flexibility index (Phi) is 6.30. The summed E-state index contributed by atoms with van der Waals surface area (Å²) in [6, 6.07) is 10.5. The number of nitriles is 1. The number of ether oxygens (including phenoxy) is 3. The van der Waals surface area contributed by atoms with E-state index in [0.29, 0.717) is 34.4 Å². The van der Waals surface area contributed by atoms with Gasteiger partial charge in [0.2, 0.25) is 0 Å². The molecule has 6 nitrogen and oxygen atoms in total. The van der Waals surface area contributed by atoms with Crippen molar-refractivity contribution >= 4 is 29.3 Å². The van der Waals surface area contributed by atoms with Crippen molar-refractivity contribution < 1.29 is 19.0 Å². The zero-order valence-electron chi connectivity index (χ0n) is 16.4. The first-order chi connectivity index (χ1) is 13.9. The van der Waals surface area contributed by atoms with Crippen LogP contribution < -0.4 is 19.5 Å². The summed E-state index contributed by atoms with van der Waals surface area (Å²) in [5.41, 5.74) is 2.05. The Hall–Kier alpha value is -3.17. The first-order valence-electron chi connectivity index (χ1n) is 9.18. The summed E-state index contributed by atoms with van der Waals surface area (Å²) in [5.74, 6) is 1.30. The van der Waals surface area contributed by atoms with Crippen LogP contribution in [0.15, 0.2) is 35.9 Å². The van der Waals surface area contributed by atoms with Gasteiger partial charge in [-0.3, -0.25) is 4.79 Å². The van der Waals surface area contributed by atoms with E-state index < -0.39 is 5.91 Å². The predicted molar refractivity (Wildman–Crippen MR) is 112 cm³/mol.